The molecule has 0 saturated carbocycles. The number of amides is 2. The minimum absolute atomic E-state index is 0.147. The molecule has 2 aromatic carbocycles. The summed E-state index contributed by atoms with van der Waals surface area (Å²) in [6, 6.07) is 13.2. The lowest BCUT2D eigenvalue weighted by Crippen LogP contribution is -2.45. The van der Waals surface area contributed by atoms with Crippen LogP contribution in [0.15, 0.2) is 48.5 Å². The normalized spacial score (nSPS) is 18.3. The number of aryl methyl sites for hydroxylation is 1. The molecule has 25 heavy (non-hydrogen) atoms. The van der Waals surface area contributed by atoms with Crippen molar-refractivity contribution in [3.63, 3.8) is 0 Å². The summed E-state index contributed by atoms with van der Waals surface area (Å²) in [5.74, 6) is -0.498. The summed E-state index contributed by atoms with van der Waals surface area (Å²) in [6.07, 6.45) is 0.539. The molecule has 5 nitrogen and oxygen atoms in total. The standard InChI is InChI=1S/C19H20ClN3O2/c1-12-5-7-13(8-6-12)17(21)18(24)22-16-9-10-23(19(16)25)15-4-2-3-14(20)11-15/h2-8,11,16-17H,9-10,21H2,1H3,(H,22,24). The molecule has 1 heterocycles. The fraction of sp³-hybridized carbons (Fsp3) is 0.263. The summed E-state index contributed by atoms with van der Waals surface area (Å²) in [7, 11) is 0. The van der Waals surface area contributed by atoms with Gasteiger partial charge >= 0.3 is 0 Å². The van der Waals surface area contributed by atoms with Gasteiger partial charge in [-0.2, -0.15) is 0 Å². The van der Waals surface area contributed by atoms with Gasteiger partial charge in [-0.3, -0.25) is 9.59 Å². The molecule has 130 valence electrons. The number of carbonyl (C=O) groups excluding carboxylic acids is 2. The van der Waals surface area contributed by atoms with Crippen LogP contribution < -0.4 is 16.0 Å². The van der Waals surface area contributed by atoms with E-state index in [1.54, 1.807) is 23.1 Å². The van der Waals surface area contributed by atoms with Crippen LogP contribution in [0.4, 0.5) is 5.69 Å². The summed E-state index contributed by atoms with van der Waals surface area (Å²) < 4.78 is 0. The Morgan fingerprint density at radius 1 is 1.28 bits per heavy atom. The Morgan fingerprint density at radius 3 is 2.68 bits per heavy atom. The number of carbonyl (C=O) groups is 2. The van der Waals surface area contributed by atoms with Crippen molar-refractivity contribution >= 4 is 29.1 Å². The van der Waals surface area contributed by atoms with Gasteiger partial charge in [-0.1, -0.05) is 47.5 Å². The molecule has 2 atom stereocenters. The third-order valence-corrected chi connectivity index (χ3v) is 4.60. The molecule has 1 aliphatic rings. The lowest BCUT2D eigenvalue weighted by Gasteiger charge is -2.19. The number of rotatable bonds is 4. The highest BCUT2D eigenvalue weighted by molar-refractivity contribution is 6.31. The second kappa shape index (κ2) is 7.25. The van der Waals surface area contributed by atoms with Gasteiger partial charge in [-0.15, -0.1) is 0 Å². The lowest BCUT2D eigenvalue weighted by molar-refractivity contribution is -0.127. The van der Waals surface area contributed by atoms with Crippen LogP contribution in [-0.4, -0.2) is 24.4 Å². The molecule has 1 fully saturated rings. The van der Waals surface area contributed by atoms with Gasteiger partial charge in [0, 0.05) is 17.3 Å². The number of benzene rings is 2. The molecule has 0 radical (unpaired) electrons. The zero-order valence-electron chi connectivity index (χ0n) is 13.9. The minimum Gasteiger partial charge on any atom is -0.343 e. The molecular formula is C19H20ClN3O2. The molecule has 2 amide bonds. The molecule has 1 saturated heterocycles. The minimum atomic E-state index is -0.798. The Bertz CT molecular complexity index is 792. The smallest absolute Gasteiger partial charge is 0.249 e. The predicted octanol–water partition coefficient (Wildman–Crippen LogP) is 2.57. The van der Waals surface area contributed by atoms with Crippen molar-refractivity contribution in [3.8, 4) is 0 Å². The van der Waals surface area contributed by atoms with E-state index in [0.717, 1.165) is 16.8 Å². The van der Waals surface area contributed by atoms with Crippen LogP contribution in [0.1, 0.15) is 23.6 Å². The second-order valence-electron chi connectivity index (χ2n) is 6.21. The molecule has 0 bridgehead atoms. The van der Waals surface area contributed by atoms with Crippen LogP contribution in [0.25, 0.3) is 0 Å². The molecule has 6 heteroatoms. The molecule has 1 aliphatic heterocycles. The van der Waals surface area contributed by atoms with E-state index in [2.05, 4.69) is 5.32 Å². The first-order chi connectivity index (χ1) is 12.0. The van der Waals surface area contributed by atoms with Crippen molar-refractivity contribution in [1.29, 1.82) is 0 Å². The maximum Gasteiger partial charge on any atom is 0.249 e. The average Bonchev–Trinajstić information content (AvgIpc) is 2.95. The number of anilines is 1. The molecule has 0 spiro atoms. The van der Waals surface area contributed by atoms with Crippen LogP contribution in [0.5, 0.6) is 0 Å². The van der Waals surface area contributed by atoms with Crippen LogP contribution in [0.3, 0.4) is 0 Å². The van der Waals surface area contributed by atoms with Gasteiger partial charge in [0.2, 0.25) is 11.8 Å². The van der Waals surface area contributed by atoms with Gasteiger partial charge in [0.05, 0.1) is 0 Å². The Hall–Kier alpha value is -2.37. The van der Waals surface area contributed by atoms with E-state index in [1.807, 2.05) is 37.3 Å². The molecule has 2 unspecified atom stereocenters. The molecule has 0 aliphatic carbocycles. The number of nitrogens with one attached hydrogen (secondary N) is 1. The van der Waals surface area contributed by atoms with Crippen molar-refractivity contribution in [2.24, 2.45) is 5.73 Å². The van der Waals surface area contributed by atoms with Gasteiger partial charge < -0.3 is 16.0 Å². The fourth-order valence-electron chi connectivity index (χ4n) is 2.90. The summed E-state index contributed by atoms with van der Waals surface area (Å²) in [6.45, 7) is 2.50. The highest BCUT2D eigenvalue weighted by atomic mass is 35.5. The van der Waals surface area contributed by atoms with Gasteiger partial charge in [0.1, 0.15) is 12.1 Å². The van der Waals surface area contributed by atoms with Gasteiger partial charge in [0.25, 0.3) is 0 Å². The van der Waals surface area contributed by atoms with E-state index < -0.39 is 12.1 Å². The maximum atomic E-state index is 12.6. The van der Waals surface area contributed by atoms with Crippen molar-refractivity contribution in [1.82, 2.24) is 5.32 Å². The number of hydrogen-bond donors (Lipinski definition) is 2. The van der Waals surface area contributed by atoms with Gasteiger partial charge in [-0.25, -0.2) is 0 Å². The van der Waals surface area contributed by atoms with E-state index in [4.69, 9.17) is 17.3 Å². The monoisotopic (exact) mass is 357 g/mol. The van der Waals surface area contributed by atoms with Crippen LogP contribution in [0, 0.1) is 6.92 Å². The highest BCUT2D eigenvalue weighted by Gasteiger charge is 2.34. The molecule has 3 rings (SSSR count). The van der Waals surface area contributed by atoms with E-state index in [1.165, 1.54) is 0 Å². The first kappa shape index (κ1) is 17.5. The van der Waals surface area contributed by atoms with Crippen molar-refractivity contribution in [3.05, 3.63) is 64.7 Å². The van der Waals surface area contributed by atoms with Crippen molar-refractivity contribution < 1.29 is 9.59 Å². The average molecular weight is 358 g/mol. The lowest BCUT2D eigenvalue weighted by atomic mass is 10.0. The Balaban J connectivity index is 1.66. The van der Waals surface area contributed by atoms with E-state index in [9.17, 15) is 9.59 Å². The zero-order chi connectivity index (χ0) is 18.0. The Labute approximate surface area is 151 Å². The molecule has 0 aromatic heterocycles. The largest absolute Gasteiger partial charge is 0.343 e. The van der Waals surface area contributed by atoms with Gasteiger partial charge in [0.15, 0.2) is 0 Å². The first-order valence-corrected chi connectivity index (χ1v) is 8.53. The zero-order valence-corrected chi connectivity index (χ0v) is 14.7. The molecular weight excluding hydrogens is 338 g/mol. The van der Waals surface area contributed by atoms with E-state index in [0.29, 0.717) is 18.0 Å². The van der Waals surface area contributed by atoms with Crippen molar-refractivity contribution in [2.45, 2.75) is 25.4 Å². The van der Waals surface area contributed by atoms with Crippen LogP contribution >= 0.6 is 11.6 Å². The summed E-state index contributed by atoms with van der Waals surface area (Å²) >= 11 is 5.99. The SMILES string of the molecule is Cc1ccc(C(N)C(=O)NC2CCN(c3cccc(Cl)c3)C2=O)cc1. The number of nitrogens with two attached hydrogens (primary N) is 1. The van der Waals surface area contributed by atoms with Crippen molar-refractivity contribution in [2.75, 3.05) is 11.4 Å². The third kappa shape index (κ3) is 3.83. The van der Waals surface area contributed by atoms with Crippen LogP contribution in [-0.2, 0) is 9.59 Å². The van der Waals surface area contributed by atoms with E-state index in [-0.39, 0.29) is 11.8 Å². The number of hydrogen-bond acceptors (Lipinski definition) is 3. The number of nitrogens with zero attached hydrogens (tertiary/aromatic N) is 1. The third-order valence-electron chi connectivity index (χ3n) is 4.36. The summed E-state index contributed by atoms with van der Waals surface area (Å²) in [4.78, 5) is 26.6. The molecule has 2 aromatic rings. The van der Waals surface area contributed by atoms with Gasteiger partial charge in [-0.05, 0) is 37.1 Å². The molecule has 3 N–H and O–H groups in total. The Kier molecular flexibility index (Phi) is 5.06. The summed E-state index contributed by atoms with van der Waals surface area (Å²) in [5, 5.41) is 3.34. The first-order valence-electron chi connectivity index (χ1n) is 8.15. The topological polar surface area (TPSA) is 75.4 Å². The number of halogens is 1. The summed E-state index contributed by atoms with van der Waals surface area (Å²) in [5.41, 5.74) is 8.58. The Morgan fingerprint density at radius 2 is 2.00 bits per heavy atom. The fourth-order valence-corrected chi connectivity index (χ4v) is 3.09. The maximum absolute atomic E-state index is 12.6. The second-order valence-corrected chi connectivity index (χ2v) is 6.64. The highest BCUT2D eigenvalue weighted by Crippen LogP contribution is 2.24. The predicted molar refractivity (Wildman–Crippen MR) is 98.5 cm³/mol. The van der Waals surface area contributed by atoms with E-state index >= 15 is 0 Å². The van der Waals surface area contributed by atoms with Crippen LogP contribution in [0.2, 0.25) is 5.02 Å². The quantitative estimate of drug-likeness (QED) is 0.883.